The Kier molecular flexibility index (Phi) is 5.71. The van der Waals surface area contributed by atoms with E-state index in [1.165, 1.54) is 0 Å². The second kappa shape index (κ2) is 8.16. The summed E-state index contributed by atoms with van der Waals surface area (Å²) < 4.78 is 0. The molecule has 1 amide bonds. The quantitative estimate of drug-likeness (QED) is 0.829. The van der Waals surface area contributed by atoms with E-state index >= 15 is 0 Å². The minimum atomic E-state index is 0.138. The van der Waals surface area contributed by atoms with E-state index in [2.05, 4.69) is 19.9 Å². The first-order valence-corrected chi connectivity index (χ1v) is 9.07. The summed E-state index contributed by atoms with van der Waals surface area (Å²) in [5, 5.41) is 3.05. The highest BCUT2D eigenvalue weighted by molar-refractivity contribution is 7.09. The van der Waals surface area contributed by atoms with Gasteiger partial charge in [-0.15, -0.1) is 11.3 Å². The third-order valence-corrected chi connectivity index (χ3v) is 4.95. The highest BCUT2D eigenvalue weighted by Gasteiger charge is 2.23. The van der Waals surface area contributed by atoms with Crippen LogP contribution in [-0.2, 0) is 17.6 Å². The van der Waals surface area contributed by atoms with Gasteiger partial charge in [0.2, 0.25) is 11.9 Å². The molecule has 2 aromatic heterocycles. The number of carbonyl (C=O) groups excluding carboxylic acids is 1. The van der Waals surface area contributed by atoms with Gasteiger partial charge >= 0.3 is 0 Å². The number of aromatic nitrogens is 3. The maximum absolute atomic E-state index is 12.5. The Morgan fingerprint density at radius 1 is 1.21 bits per heavy atom. The van der Waals surface area contributed by atoms with Gasteiger partial charge in [0.25, 0.3) is 0 Å². The van der Waals surface area contributed by atoms with Crippen LogP contribution >= 0.6 is 11.3 Å². The molecule has 0 unspecified atom stereocenters. The molecule has 2 aromatic rings. The largest absolute Gasteiger partial charge is 0.339 e. The lowest BCUT2D eigenvalue weighted by Crippen LogP contribution is -2.49. The lowest BCUT2D eigenvalue weighted by molar-refractivity contribution is -0.130. The Bertz CT molecular complexity index is 654. The zero-order valence-electron chi connectivity index (χ0n) is 13.6. The van der Waals surface area contributed by atoms with Gasteiger partial charge in [-0.25, -0.2) is 15.0 Å². The van der Waals surface area contributed by atoms with Gasteiger partial charge in [-0.05, 0) is 19.0 Å². The van der Waals surface area contributed by atoms with E-state index in [1.54, 1.807) is 29.8 Å². The molecule has 128 valence electrons. The van der Waals surface area contributed by atoms with Crippen molar-refractivity contribution in [2.24, 2.45) is 5.73 Å². The fourth-order valence-electron chi connectivity index (χ4n) is 2.68. The van der Waals surface area contributed by atoms with Gasteiger partial charge in [0, 0.05) is 50.4 Å². The van der Waals surface area contributed by atoms with Crippen LogP contribution in [-0.4, -0.2) is 58.5 Å². The number of nitrogens with zero attached hydrogens (tertiary/aromatic N) is 5. The van der Waals surface area contributed by atoms with Crippen molar-refractivity contribution in [1.82, 2.24) is 19.9 Å². The van der Waals surface area contributed by atoms with Crippen LogP contribution in [0.4, 0.5) is 5.95 Å². The Morgan fingerprint density at radius 2 is 1.96 bits per heavy atom. The van der Waals surface area contributed by atoms with Crippen molar-refractivity contribution in [2.45, 2.75) is 19.3 Å². The van der Waals surface area contributed by atoms with Crippen LogP contribution < -0.4 is 10.6 Å². The SMILES string of the molecule is NCCCc1nc(CC(=O)N2CCN(c3ncccn3)CC2)cs1. The lowest BCUT2D eigenvalue weighted by atomic mass is 10.2. The number of piperazine rings is 1. The van der Waals surface area contributed by atoms with Crippen molar-refractivity contribution in [3.05, 3.63) is 34.5 Å². The Labute approximate surface area is 145 Å². The van der Waals surface area contributed by atoms with Gasteiger partial charge in [0.05, 0.1) is 17.1 Å². The number of hydrogen-bond acceptors (Lipinski definition) is 7. The Balaban J connectivity index is 1.49. The third kappa shape index (κ3) is 4.27. The zero-order chi connectivity index (χ0) is 16.8. The van der Waals surface area contributed by atoms with Gasteiger partial charge in [0.1, 0.15) is 0 Å². The molecule has 0 spiro atoms. The molecule has 0 aliphatic carbocycles. The number of hydrogen-bond donors (Lipinski definition) is 1. The van der Waals surface area contributed by atoms with Gasteiger partial charge < -0.3 is 15.5 Å². The van der Waals surface area contributed by atoms with Gasteiger partial charge in [-0.2, -0.15) is 0 Å². The van der Waals surface area contributed by atoms with Crippen LogP contribution in [0.5, 0.6) is 0 Å². The molecule has 3 heterocycles. The van der Waals surface area contributed by atoms with Crippen molar-refractivity contribution in [1.29, 1.82) is 0 Å². The van der Waals surface area contributed by atoms with E-state index in [-0.39, 0.29) is 5.91 Å². The van der Waals surface area contributed by atoms with E-state index in [1.807, 2.05) is 10.3 Å². The van der Waals surface area contributed by atoms with E-state index in [9.17, 15) is 4.79 Å². The summed E-state index contributed by atoms with van der Waals surface area (Å²) >= 11 is 1.61. The number of carbonyl (C=O) groups is 1. The molecule has 1 aliphatic heterocycles. The second-order valence-corrected chi connectivity index (χ2v) is 6.66. The van der Waals surface area contributed by atoms with Crippen molar-refractivity contribution in [2.75, 3.05) is 37.6 Å². The third-order valence-electron chi connectivity index (χ3n) is 3.99. The first-order chi connectivity index (χ1) is 11.8. The minimum Gasteiger partial charge on any atom is -0.339 e. The van der Waals surface area contributed by atoms with Crippen molar-refractivity contribution in [3.8, 4) is 0 Å². The van der Waals surface area contributed by atoms with Crippen LogP contribution in [0.1, 0.15) is 17.1 Å². The molecule has 1 fully saturated rings. The predicted molar refractivity (Wildman–Crippen MR) is 94.0 cm³/mol. The second-order valence-electron chi connectivity index (χ2n) is 5.72. The van der Waals surface area contributed by atoms with E-state index in [0.717, 1.165) is 42.6 Å². The molecule has 2 N–H and O–H groups in total. The van der Waals surface area contributed by atoms with Crippen molar-refractivity contribution in [3.63, 3.8) is 0 Å². The van der Waals surface area contributed by atoms with E-state index in [4.69, 9.17) is 5.73 Å². The Morgan fingerprint density at radius 3 is 2.67 bits per heavy atom. The summed E-state index contributed by atoms with van der Waals surface area (Å²) in [4.78, 5) is 29.5. The van der Waals surface area contributed by atoms with Crippen LogP contribution in [0.15, 0.2) is 23.8 Å². The number of anilines is 1. The standard InChI is InChI=1S/C16H22N6OS/c17-4-1-3-14-20-13(12-24-14)11-15(23)21-7-9-22(10-8-21)16-18-5-2-6-19-16/h2,5-6,12H,1,3-4,7-11,17H2. The summed E-state index contributed by atoms with van der Waals surface area (Å²) in [5.74, 6) is 0.868. The first-order valence-electron chi connectivity index (χ1n) is 8.19. The molecular formula is C16H22N6OS. The first kappa shape index (κ1) is 16.8. The fourth-order valence-corrected chi connectivity index (χ4v) is 3.52. The van der Waals surface area contributed by atoms with E-state index in [0.29, 0.717) is 26.1 Å². The summed E-state index contributed by atoms with van der Waals surface area (Å²) in [5.41, 5.74) is 6.38. The number of thiazole rings is 1. The average Bonchev–Trinajstić information content (AvgIpc) is 3.08. The van der Waals surface area contributed by atoms with Gasteiger partial charge in [-0.1, -0.05) is 0 Å². The molecule has 24 heavy (non-hydrogen) atoms. The average molecular weight is 346 g/mol. The molecule has 0 aromatic carbocycles. The predicted octanol–water partition coefficient (Wildman–Crippen LogP) is 0.716. The highest BCUT2D eigenvalue weighted by Crippen LogP contribution is 2.14. The summed E-state index contributed by atoms with van der Waals surface area (Å²) in [6.45, 7) is 3.58. The molecule has 0 atom stereocenters. The fraction of sp³-hybridized carbons (Fsp3) is 0.500. The van der Waals surface area contributed by atoms with E-state index < -0.39 is 0 Å². The summed E-state index contributed by atoms with van der Waals surface area (Å²) in [7, 11) is 0. The van der Waals surface area contributed by atoms with Crippen molar-refractivity contribution >= 4 is 23.2 Å². The normalized spacial score (nSPS) is 14.9. The van der Waals surface area contributed by atoms with Crippen LogP contribution in [0.25, 0.3) is 0 Å². The number of nitrogens with two attached hydrogens (primary N) is 1. The summed E-state index contributed by atoms with van der Waals surface area (Å²) in [6.07, 6.45) is 5.69. The molecule has 1 saturated heterocycles. The highest BCUT2D eigenvalue weighted by atomic mass is 32.1. The molecule has 8 heteroatoms. The number of aryl methyl sites for hydroxylation is 1. The van der Waals surface area contributed by atoms with Gasteiger partial charge in [-0.3, -0.25) is 4.79 Å². The smallest absolute Gasteiger partial charge is 0.228 e. The summed E-state index contributed by atoms with van der Waals surface area (Å²) in [6, 6.07) is 1.80. The number of amides is 1. The van der Waals surface area contributed by atoms with Crippen molar-refractivity contribution < 1.29 is 4.79 Å². The number of rotatable bonds is 6. The van der Waals surface area contributed by atoms with Gasteiger partial charge in [0.15, 0.2) is 0 Å². The molecule has 1 aliphatic rings. The maximum atomic E-state index is 12.5. The Hall–Kier alpha value is -2.06. The minimum absolute atomic E-state index is 0.138. The lowest BCUT2D eigenvalue weighted by Gasteiger charge is -2.34. The maximum Gasteiger partial charge on any atom is 0.228 e. The van der Waals surface area contributed by atoms with Crippen LogP contribution in [0, 0.1) is 0 Å². The van der Waals surface area contributed by atoms with Crippen LogP contribution in [0.3, 0.4) is 0 Å². The monoisotopic (exact) mass is 346 g/mol. The molecular weight excluding hydrogens is 324 g/mol. The zero-order valence-corrected chi connectivity index (χ0v) is 14.4. The van der Waals surface area contributed by atoms with Crippen LogP contribution in [0.2, 0.25) is 0 Å². The molecule has 7 nitrogen and oxygen atoms in total. The molecule has 3 rings (SSSR count). The molecule has 0 radical (unpaired) electrons. The molecule has 0 saturated carbocycles. The topological polar surface area (TPSA) is 88.2 Å². The molecule has 0 bridgehead atoms.